The third-order valence-corrected chi connectivity index (χ3v) is 9.92. The maximum Gasteiger partial charge on any atom is 0.301 e. The van der Waals surface area contributed by atoms with E-state index in [9.17, 15) is 14.7 Å². The molecule has 1 amide bonds. The van der Waals surface area contributed by atoms with Crippen LogP contribution in [0, 0.1) is 0 Å². The lowest BCUT2D eigenvalue weighted by Crippen LogP contribution is -2.29. The van der Waals surface area contributed by atoms with Gasteiger partial charge in [0.05, 0.1) is 18.2 Å². The van der Waals surface area contributed by atoms with Crippen molar-refractivity contribution in [3.8, 4) is 11.5 Å². The van der Waals surface area contributed by atoms with Crippen molar-refractivity contribution < 1.29 is 24.2 Å². The number of fused-ring (bicyclic) bond motifs is 1. The number of carbonyl (C=O) groups excluding carboxylic acids is 2. The molecule has 3 heterocycles. The number of aliphatic hydroxyl groups excluding tert-OH is 1. The molecule has 12 heteroatoms. The van der Waals surface area contributed by atoms with Gasteiger partial charge in [-0.15, -0.1) is 10.2 Å². The van der Waals surface area contributed by atoms with Crippen molar-refractivity contribution in [1.29, 1.82) is 0 Å². The minimum absolute atomic E-state index is 0.0130. The second-order valence-electron chi connectivity index (χ2n) is 10.4. The lowest BCUT2D eigenvalue weighted by molar-refractivity contribution is -0.132. The Kier molecular flexibility index (Phi) is 8.87. The Morgan fingerprint density at radius 3 is 2.77 bits per heavy atom. The normalized spacial score (nSPS) is 18.9. The van der Waals surface area contributed by atoms with Gasteiger partial charge in [0.25, 0.3) is 5.78 Å². The van der Waals surface area contributed by atoms with Crippen molar-refractivity contribution in [3.63, 3.8) is 0 Å². The zero-order chi connectivity index (χ0) is 31.0. The molecule has 6 rings (SSSR count). The summed E-state index contributed by atoms with van der Waals surface area (Å²) in [5, 5.41) is 21.5. The molecule has 1 saturated heterocycles. The van der Waals surface area contributed by atoms with Crippen LogP contribution >= 0.6 is 46.3 Å². The fourth-order valence-electron chi connectivity index (χ4n) is 5.20. The summed E-state index contributed by atoms with van der Waals surface area (Å²) in [4.78, 5) is 28.7. The monoisotopic (exact) mass is 667 g/mol. The van der Waals surface area contributed by atoms with Gasteiger partial charge in [-0.05, 0) is 72.5 Å². The predicted octanol–water partition coefficient (Wildman–Crippen LogP) is 7.88. The maximum absolute atomic E-state index is 13.7. The van der Waals surface area contributed by atoms with Crippen LogP contribution in [0.4, 0.5) is 5.13 Å². The summed E-state index contributed by atoms with van der Waals surface area (Å²) < 4.78 is 12.2. The van der Waals surface area contributed by atoms with Gasteiger partial charge >= 0.3 is 5.91 Å². The quantitative estimate of drug-likeness (QED) is 0.0632. The van der Waals surface area contributed by atoms with Gasteiger partial charge in [0.15, 0.2) is 4.34 Å². The molecule has 1 aromatic heterocycles. The first-order valence-corrected chi connectivity index (χ1v) is 16.5. The summed E-state index contributed by atoms with van der Waals surface area (Å²) in [5.41, 5.74) is 2.78. The fourth-order valence-corrected chi connectivity index (χ4v) is 7.63. The second kappa shape index (κ2) is 12.8. The molecular formula is C32H27Cl2N3O5S2. The van der Waals surface area contributed by atoms with Crippen LogP contribution in [0.15, 0.2) is 70.6 Å². The van der Waals surface area contributed by atoms with Gasteiger partial charge in [0.2, 0.25) is 5.13 Å². The van der Waals surface area contributed by atoms with Crippen molar-refractivity contribution >= 4 is 68.9 Å². The zero-order valence-electron chi connectivity index (χ0n) is 23.8. The van der Waals surface area contributed by atoms with E-state index < -0.39 is 17.7 Å². The Morgan fingerprint density at radius 2 is 1.98 bits per heavy atom. The van der Waals surface area contributed by atoms with Crippen LogP contribution in [0.5, 0.6) is 11.5 Å². The first-order valence-electron chi connectivity index (χ1n) is 14.0. The van der Waals surface area contributed by atoms with E-state index in [1.807, 2.05) is 26.0 Å². The number of thioether (sulfide) groups is 1. The van der Waals surface area contributed by atoms with Gasteiger partial charge in [-0.1, -0.05) is 71.4 Å². The van der Waals surface area contributed by atoms with Crippen LogP contribution in [0.25, 0.3) is 5.76 Å². The SMILES string of the molecule is CCCOc1cccc([C@H]2/C(=C(\O)c3ccc4c(c3)C[C@@H](C)O4)C(=O)C(=O)N2c2nnc(SCc3ccc(Cl)cc3Cl)s2)c1. The van der Waals surface area contributed by atoms with Gasteiger partial charge in [-0.3, -0.25) is 14.5 Å². The number of aromatic nitrogens is 2. The molecule has 2 aliphatic rings. The van der Waals surface area contributed by atoms with E-state index in [1.165, 1.54) is 28.0 Å². The van der Waals surface area contributed by atoms with Crippen molar-refractivity contribution in [2.75, 3.05) is 11.5 Å². The summed E-state index contributed by atoms with van der Waals surface area (Å²) >= 11 is 14.9. The molecule has 44 heavy (non-hydrogen) atoms. The second-order valence-corrected chi connectivity index (χ2v) is 13.4. The summed E-state index contributed by atoms with van der Waals surface area (Å²) in [6.07, 6.45) is 1.51. The van der Waals surface area contributed by atoms with Gasteiger partial charge in [-0.25, -0.2) is 0 Å². The largest absolute Gasteiger partial charge is 0.507 e. The van der Waals surface area contributed by atoms with E-state index in [2.05, 4.69) is 10.2 Å². The van der Waals surface area contributed by atoms with Crippen molar-refractivity contribution in [2.45, 2.75) is 48.9 Å². The Balaban J connectivity index is 1.39. The first kappa shape index (κ1) is 30.5. The minimum atomic E-state index is -0.958. The van der Waals surface area contributed by atoms with Crippen LogP contribution in [0.2, 0.25) is 10.0 Å². The van der Waals surface area contributed by atoms with Crippen LogP contribution in [0.3, 0.4) is 0 Å². The third-order valence-electron chi connectivity index (χ3n) is 7.23. The number of ether oxygens (including phenoxy) is 2. The number of nitrogens with zero attached hydrogens (tertiary/aromatic N) is 3. The molecule has 0 spiro atoms. The Labute approximate surface area is 272 Å². The summed E-state index contributed by atoms with van der Waals surface area (Å²) in [5.74, 6) is -0.0466. The molecule has 0 unspecified atom stereocenters. The highest BCUT2D eigenvalue weighted by molar-refractivity contribution is 8.00. The van der Waals surface area contributed by atoms with Gasteiger partial charge in [0, 0.05) is 27.8 Å². The number of Topliss-reactive ketones (excluding diaryl/α,β-unsaturated/α-hetero) is 1. The lowest BCUT2D eigenvalue weighted by atomic mass is 9.94. The molecule has 226 valence electrons. The minimum Gasteiger partial charge on any atom is -0.507 e. The van der Waals surface area contributed by atoms with Crippen molar-refractivity contribution in [2.24, 2.45) is 0 Å². The molecule has 0 saturated carbocycles. The smallest absolute Gasteiger partial charge is 0.301 e. The highest BCUT2D eigenvalue weighted by Gasteiger charge is 2.48. The molecular weight excluding hydrogens is 641 g/mol. The number of halogens is 2. The molecule has 0 radical (unpaired) electrons. The van der Waals surface area contributed by atoms with Crippen LogP contribution < -0.4 is 14.4 Å². The number of carbonyl (C=O) groups is 2. The van der Waals surface area contributed by atoms with Crippen molar-refractivity contribution in [3.05, 3.63) is 98.5 Å². The Bertz CT molecular complexity index is 1790. The molecule has 0 aliphatic carbocycles. The molecule has 4 aromatic rings. The number of hydrogen-bond acceptors (Lipinski definition) is 9. The van der Waals surface area contributed by atoms with E-state index in [-0.39, 0.29) is 22.6 Å². The van der Waals surface area contributed by atoms with Gasteiger partial charge in [0.1, 0.15) is 23.4 Å². The number of rotatable bonds is 9. The van der Waals surface area contributed by atoms with E-state index in [4.69, 9.17) is 32.7 Å². The summed E-state index contributed by atoms with van der Waals surface area (Å²) in [7, 11) is 0. The van der Waals surface area contributed by atoms with Gasteiger partial charge in [-0.2, -0.15) is 0 Å². The highest BCUT2D eigenvalue weighted by atomic mass is 35.5. The topological polar surface area (TPSA) is 102 Å². The Hall–Kier alpha value is -3.57. The maximum atomic E-state index is 13.7. The van der Waals surface area contributed by atoms with E-state index in [1.54, 1.807) is 48.5 Å². The molecule has 0 bridgehead atoms. The van der Waals surface area contributed by atoms with E-state index >= 15 is 0 Å². The predicted molar refractivity (Wildman–Crippen MR) is 173 cm³/mol. The number of aliphatic hydroxyl groups is 1. The number of hydrogen-bond donors (Lipinski definition) is 1. The lowest BCUT2D eigenvalue weighted by Gasteiger charge is -2.23. The molecule has 3 aromatic carbocycles. The molecule has 2 atom stereocenters. The average Bonchev–Trinajstić information content (AvgIpc) is 3.70. The van der Waals surface area contributed by atoms with Crippen LogP contribution in [-0.4, -0.2) is 39.7 Å². The number of anilines is 1. The number of benzene rings is 3. The van der Waals surface area contributed by atoms with Crippen molar-refractivity contribution in [1.82, 2.24) is 10.2 Å². The highest BCUT2D eigenvalue weighted by Crippen LogP contribution is 2.45. The first-order chi connectivity index (χ1) is 21.2. The summed E-state index contributed by atoms with van der Waals surface area (Å²) in [6.45, 7) is 4.48. The molecule has 1 N–H and O–H groups in total. The zero-order valence-corrected chi connectivity index (χ0v) is 26.9. The third kappa shape index (κ3) is 6.04. The fraction of sp³-hybridized carbons (Fsp3) is 0.250. The van der Waals surface area contributed by atoms with Crippen LogP contribution in [0.1, 0.15) is 48.6 Å². The van der Waals surface area contributed by atoms with Crippen LogP contribution in [-0.2, 0) is 21.8 Å². The molecule has 1 fully saturated rings. The number of ketones is 1. The molecule has 2 aliphatic heterocycles. The molecule has 8 nitrogen and oxygen atoms in total. The van der Waals surface area contributed by atoms with Gasteiger partial charge < -0.3 is 14.6 Å². The standard InChI is InChI=1S/C32H27Cl2N3O5S2/c1-3-11-41-23-6-4-5-18(14-23)27-26(28(38)19-8-10-25-21(13-19)12-17(2)42-25)29(39)30(40)37(27)31-35-36-32(44-31)43-16-20-7-9-22(33)15-24(20)34/h4-10,13-15,17,27,38H,3,11-12,16H2,1-2H3/b28-26+/t17-,27+/m1/s1. The Morgan fingerprint density at radius 1 is 1.14 bits per heavy atom. The number of amides is 1. The van der Waals surface area contributed by atoms with E-state index in [0.29, 0.717) is 50.0 Å². The van der Waals surface area contributed by atoms with E-state index in [0.717, 1.165) is 23.3 Å². The summed E-state index contributed by atoms with van der Waals surface area (Å²) in [6, 6.07) is 16.8. The average molecular weight is 669 g/mol.